The fourth-order valence-electron chi connectivity index (χ4n) is 1.52. The number of rotatable bonds is 2. The van der Waals surface area contributed by atoms with Crippen molar-refractivity contribution < 1.29 is 18.7 Å². The molecule has 0 N–H and O–H groups in total. The maximum absolute atomic E-state index is 11.3. The van der Waals surface area contributed by atoms with Gasteiger partial charge in [-0.05, 0) is 6.07 Å². The molecular formula is C12H10O4. The molecular weight excluding hydrogens is 208 g/mol. The minimum atomic E-state index is -0.599. The van der Waals surface area contributed by atoms with Gasteiger partial charge in [0.1, 0.15) is 5.58 Å². The quantitative estimate of drug-likeness (QED) is 0.572. The number of carbonyl (C=O) groups is 2. The molecule has 0 radical (unpaired) electrons. The van der Waals surface area contributed by atoms with Crippen LogP contribution in [0.25, 0.3) is 11.0 Å². The molecule has 0 fully saturated rings. The van der Waals surface area contributed by atoms with E-state index in [1.165, 1.54) is 13.2 Å². The second-order valence-electron chi connectivity index (χ2n) is 3.40. The lowest BCUT2D eigenvalue weighted by atomic mass is 10.1. The Bertz CT molecular complexity index is 539. The summed E-state index contributed by atoms with van der Waals surface area (Å²) in [7, 11) is 0. The van der Waals surface area contributed by atoms with Crippen LogP contribution in [-0.4, -0.2) is 11.9 Å². The van der Waals surface area contributed by atoms with E-state index in [2.05, 4.69) is 4.74 Å². The highest BCUT2D eigenvalue weighted by Gasteiger charge is 2.12. The molecule has 1 aromatic heterocycles. The van der Waals surface area contributed by atoms with Gasteiger partial charge < -0.3 is 9.15 Å². The number of para-hydroxylation sites is 1. The summed E-state index contributed by atoms with van der Waals surface area (Å²) in [5.41, 5.74) is 1.44. The van der Waals surface area contributed by atoms with Gasteiger partial charge in [-0.1, -0.05) is 18.2 Å². The molecule has 0 spiro atoms. The van der Waals surface area contributed by atoms with Crippen LogP contribution in [-0.2, 0) is 20.7 Å². The van der Waals surface area contributed by atoms with Gasteiger partial charge in [0, 0.05) is 17.9 Å². The molecule has 16 heavy (non-hydrogen) atoms. The van der Waals surface area contributed by atoms with Crippen molar-refractivity contribution in [3.05, 3.63) is 36.1 Å². The van der Waals surface area contributed by atoms with E-state index in [-0.39, 0.29) is 6.42 Å². The van der Waals surface area contributed by atoms with E-state index in [0.717, 1.165) is 10.9 Å². The maximum Gasteiger partial charge on any atom is 0.318 e. The molecule has 1 aromatic carbocycles. The molecule has 0 aliphatic carbocycles. The highest BCUT2D eigenvalue weighted by molar-refractivity contribution is 5.89. The Kier molecular flexibility index (Phi) is 2.72. The number of hydrogen-bond donors (Lipinski definition) is 0. The molecule has 2 aromatic rings. The first-order valence-corrected chi connectivity index (χ1v) is 4.83. The Morgan fingerprint density at radius 2 is 2.06 bits per heavy atom. The third kappa shape index (κ3) is 2.11. The van der Waals surface area contributed by atoms with Crippen molar-refractivity contribution in [3.63, 3.8) is 0 Å². The number of esters is 2. The van der Waals surface area contributed by atoms with Crippen molar-refractivity contribution in [1.29, 1.82) is 0 Å². The fourth-order valence-corrected chi connectivity index (χ4v) is 1.52. The smallest absolute Gasteiger partial charge is 0.318 e. The van der Waals surface area contributed by atoms with Gasteiger partial charge in [0.25, 0.3) is 0 Å². The Morgan fingerprint density at radius 3 is 2.81 bits per heavy atom. The second-order valence-corrected chi connectivity index (χ2v) is 3.40. The number of ether oxygens (including phenoxy) is 1. The van der Waals surface area contributed by atoms with Crippen molar-refractivity contribution in [2.24, 2.45) is 0 Å². The Morgan fingerprint density at radius 1 is 1.31 bits per heavy atom. The average molecular weight is 218 g/mol. The summed E-state index contributed by atoms with van der Waals surface area (Å²) in [5, 5.41) is 0.864. The number of furan rings is 1. The first-order valence-electron chi connectivity index (χ1n) is 4.83. The molecule has 0 atom stereocenters. The molecule has 82 valence electrons. The lowest BCUT2D eigenvalue weighted by molar-refractivity contribution is -0.157. The highest BCUT2D eigenvalue weighted by atomic mass is 16.6. The minimum Gasteiger partial charge on any atom is -0.464 e. The van der Waals surface area contributed by atoms with Crippen LogP contribution in [0.4, 0.5) is 0 Å². The molecule has 0 saturated carbocycles. The fraction of sp³-hybridized carbons (Fsp3) is 0.167. The average Bonchev–Trinajstić information content (AvgIpc) is 2.61. The van der Waals surface area contributed by atoms with E-state index in [4.69, 9.17) is 4.42 Å². The van der Waals surface area contributed by atoms with Gasteiger partial charge >= 0.3 is 11.9 Å². The summed E-state index contributed by atoms with van der Waals surface area (Å²) in [4.78, 5) is 21.9. The topological polar surface area (TPSA) is 56.5 Å². The maximum atomic E-state index is 11.3. The van der Waals surface area contributed by atoms with Gasteiger partial charge in [0.2, 0.25) is 0 Å². The Balaban J connectivity index is 2.21. The largest absolute Gasteiger partial charge is 0.464 e. The summed E-state index contributed by atoms with van der Waals surface area (Å²) in [5.74, 6) is -1.17. The Hall–Kier alpha value is -2.10. The van der Waals surface area contributed by atoms with E-state index in [1.807, 2.05) is 24.3 Å². The van der Waals surface area contributed by atoms with Crippen LogP contribution in [0.3, 0.4) is 0 Å². The zero-order valence-electron chi connectivity index (χ0n) is 8.73. The standard InChI is InChI=1S/C12H10O4/c1-8(13)16-12(14)6-9-7-15-11-5-3-2-4-10(9)11/h2-5,7H,6H2,1H3. The normalized spacial score (nSPS) is 10.3. The molecule has 4 nitrogen and oxygen atoms in total. The first kappa shape index (κ1) is 10.4. The van der Waals surface area contributed by atoms with E-state index < -0.39 is 11.9 Å². The summed E-state index contributed by atoms with van der Waals surface area (Å²) >= 11 is 0. The molecule has 0 aliphatic rings. The van der Waals surface area contributed by atoms with Crippen LogP contribution in [0.1, 0.15) is 12.5 Å². The van der Waals surface area contributed by atoms with E-state index in [1.54, 1.807) is 0 Å². The van der Waals surface area contributed by atoms with Gasteiger partial charge in [0.05, 0.1) is 12.7 Å². The van der Waals surface area contributed by atoms with E-state index >= 15 is 0 Å². The SMILES string of the molecule is CC(=O)OC(=O)Cc1coc2ccccc12. The molecule has 0 unspecified atom stereocenters. The van der Waals surface area contributed by atoms with Crippen molar-refractivity contribution in [3.8, 4) is 0 Å². The van der Waals surface area contributed by atoms with Gasteiger partial charge in [-0.15, -0.1) is 0 Å². The molecule has 0 amide bonds. The van der Waals surface area contributed by atoms with Gasteiger partial charge in [-0.2, -0.15) is 0 Å². The van der Waals surface area contributed by atoms with Crippen molar-refractivity contribution in [2.45, 2.75) is 13.3 Å². The Labute approximate surface area is 91.8 Å². The van der Waals surface area contributed by atoms with Gasteiger partial charge in [-0.25, -0.2) is 0 Å². The molecule has 4 heteroatoms. The summed E-state index contributed by atoms with van der Waals surface area (Å²) in [6.45, 7) is 1.20. The lowest BCUT2D eigenvalue weighted by Crippen LogP contribution is -2.11. The van der Waals surface area contributed by atoms with E-state index in [9.17, 15) is 9.59 Å². The lowest BCUT2D eigenvalue weighted by Gasteiger charge is -1.97. The molecule has 0 bridgehead atoms. The van der Waals surface area contributed by atoms with Crippen LogP contribution in [0.2, 0.25) is 0 Å². The van der Waals surface area contributed by atoms with Gasteiger partial charge in [-0.3, -0.25) is 9.59 Å². The van der Waals surface area contributed by atoms with Crippen molar-refractivity contribution in [1.82, 2.24) is 0 Å². The molecule has 0 aliphatic heterocycles. The number of carbonyl (C=O) groups excluding carboxylic acids is 2. The third-order valence-electron chi connectivity index (χ3n) is 2.15. The van der Waals surface area contributed by atoms with Crippen molar-refractivity contribution >= 4 is 22.9 Å². The molecule has 0 saturated heterocycles. The van der Waals surface area contributed by atoms with Crippen molar-refractivity contribution in [2.75, 3.05) is 0 Å². The number of fused-ring (bicyclic) bond motifs is 1. The highest BCUT2D eigenvalue weighted by Crippen LogP contribution is 2.21. The predicted octanol–water partition coefficient (Wildman–Crippen LogP) is 2.06. The molecule has 1 heterocycles. The summed E-state index contributed by atoms with van der Waals surface area (Å²) in [6, 6.07) is 7.38. The van der Waals surface area contributed by atoms with Crippen LogP contribution in [0.15, 0.2) is 34.9 Å². The third-order valence-corrected chi connectivity index (χ3v) is 2.15. The number of benzene rings is 1. The predicted molar refractivity (Wildman–Crippen MR) is 56.7 cm³/mol. The van der Waals surface area contributed by atoms with Crippen LogP contribution in [0, 0.1) is 0 Å². The summed E-state index contributed by atoms with van der Waals surface area (Å²) in [6.07, 6.45) is 1.54. The summed E-state index contributed by atoms with van der Waals surface area (Å²) < 4.78 is 9.72. The second kappa shape index (κ2) is 4.18. The molecule has 2 rings (SSSR count). The van der Waals surface area contributed by atoms with E-state index in [0.29, 0.717) is 5.58 Å². The first-order chi connectivity index (χ1) is 7.66. The monoisotopic (exact) mass is 218 g/mol. The van der Waals surface area contributed by atoms with Crippen LogP contribution < -0.4 is 0 Å². The number of hydrogen-bond acceptors (Lipinski definition) is 4. The zero-order chi connectivity index (χ0) is 11.5. The van der Waals surface area contributed by atoms with Crippen LogP contribution >= 0.6 is 0 Å². The zero-order valence-corrected chi connectivity index (χ0v) is 8.73. The minimum absolute atomic E-state index is 0.0383. The van der Waals surface area contributed by atoms with Gasteiger partial charge in [0.15, 0.2) is 0 Å². The van der Waals surface area contributed by atoms with Crippen LogP contribution in [0.5, 0.6) is 0 Å².